The third kappa shape index (κ3) is 7.37. The Morgan fingerprint density at radius 2 is 1.79 bits per heavy atom. The fourth-order valence-electron chi connectivity index (χ4n) is 1.60. The van der Waals surface area contributed by atoms with Gasteiger partial charge in [0.1, 0.15) is 5.75 Å². The highest BCUT2D eigenvalue weighted by atomic mass is 127. The van der Waals surface area contributed by atoms with E-state index < -0.39 is 0 Å². The van der Waals surface area contributed by atoms with Crippen molar-refractivity contribution in [2.45, 2.75) is 6.42 Å². The normalized spacial score (nSPS) is 10.5. The Bertz CT molecular complexity index is 385. The molecule has 0 aliphatic heterocycles. The molecule has 1 N–H and O–H groups in total. The largest absolute Gasteiger partial charge is 1.00 e. The van der Waals surface area contributed by atoms with Gasteiger partial charge in [0.2, 0.25) is 0 Å². The molecule has 0 spiro atoms. The second-order valence-corrected chi connectivity index (χ2v) is 5.35. The van der Waals surface area contributed by atoms with Crippen molar-refractivity contribution in [1.82, 2.24) is 5.32 Å². The third-order valence-electron chi connectivity index (χ3n) is 2.64. The summed E-state index contributed by atoms with van der Waals surface area (Å²) < 4.78 is 5.97. The lowest BCUT2D eigenvalue weighted by atomic mass is 10.2. The summed E-state index contributed by atoms with van der Waals surface area (Å²) in [4.78, 5) is 11.8. The van der Waals surface area contributed by atoms with Crippen molar-refractivity contribution in [2.75, 3.05) is 41.3 Å². The molecule has 1 amide bonds. The zero-order chi connectivity index (χ0) is 13.6. The van der Waals surface area contributed by atoms with Crippen molar-refractivity contribution in [1.29, 1.82) is 0 Å². The van der Waals surface area contributed by atoms with E-state index in [0.29, 0.717) is 12.1 Å². The molecule has 0 aliphatic carbocycles. The van der Waals surface area contributed by atoms with Crippen LogP contribution in [0.25, 0.3) is 0 Å². The molecule has 0 radical (unpaired) electrons. The number of nitrogens with one attached hydrogen (secondary N) is 1. The second kappa shape index (κ2) is 8.37. The van der Waals surface area contributed by atoms with Crippen LogP contribution in [0.15, 0.2) is 24.3 Å². The van der Waals surface area contributed by atoms with Crippen LogP contribution in [0.1, 0.15) is 16.8 Å². The Balaban J connectivity index is 0.00000324. The SMILES string of the molecule is COc1ccc(C(=O)NCCC[N+](C)(C)C)cc1.[I-]. The topological polar surface area (TPSA) is 38.3 Å². The van der Waals surface area contributed by atoms with Gasteiger partial charge in [-0.25, -0.2) is 0 Å². The number of hydrogen-bond donors (Lipinski definition) is 1. The number of hydrogen-bond acceptors (Lipinski definition) is 2. The molecule has 108 valence electrons. The van der Waals surface area contributed by atoms with Gasteiger partial charge in [-0.3, -0.25) is 4.79 Å². The molecular formula is C14H23IN2O2. The first-order chi connectivity index (χ1) is 8.42. The third-order valence-corrected chi connectivity index (χ3v) is 2.64. The summed E-state index contributed by atoms with van der Waals surface area (Å²) in [5.41, 5.74) is 0.668. The van der Waals surface area contributed by atoms with E-state index in [-0.39, 0.29) is 29.9 Å². The van der Waals surface area contributed by atoms with Crippen LogP contribution in [-0.4, -0.2) is 51.7 Å². The number of ether oxygens (including phenoxy) is 1. The number of methoxy groups -OCH3 is 1. The first-order valence-corrected chi connectivity index (χ1v) is 6.15. The maximum Gasteiger partial charge on any atom is 0.251 e. The Morgan fingerprint density at radius 3 is 2.26 bits per heavy atom. The van der Waals surface area contributed by atoms with E-state index in [0.717, 1.165) is 23.2 Å². The van der Waals surface area contributed by atoms with E-state index in [1.54, 1.807) is 31.4 Å². The van der Waals surface area contributed by atoms with Crippen molar-refractivity contribution in [3.05, 3.63) is 29.8 Å². The first-order valence-electron chi connectivity index (χ1n) is 6.15. The molecule has 19 heavy (non-hydrogen) atoms. The van der Waals surface area contributed by atoms with Crippen LogP contribution in [0, 0.1) is 0 Å². The zero-order valence-electron chi connectivity index (χ0n) is 12.1. The van der Waals surface area contributed by atoms with E-state index in [2.05, 4.69) is 26.5 Å². The Labute approximate surface area is 132 Å². The number of benzene rings is 1. The lowest BCUT2D eigenvalue weighted by Gasteiger charge is -2.23. The maximum atomic E-state index is 11.8. The first kappa shape index (κ1) is 18.2. The van der Waals surface area contributed by atoms with E-state index in [1.807, 2.05) is 0 Å². The van der Waals surface area contributed by atoms with E-state index >= 15 is 0 Å². The summed E-state index contributed by atoms with van der Waals surface area (Å²) in [6.07, 6.45) is 0.978. The smallest absolute Gasteiger partial charge is 0.251 e. The van der Waals surface area contributed by atoms with Crippen molar-refractivity contribution in [3.8, 4) is 5.75 Å². The Hall–Kier alpha value is -0.820. The molecule has 1 aromatic carbocycles. The van der Waals surface area contributed by atoms with Crippen LogP contribution in [0.3, 0.4) is 0 Å². The van der Waals surface area contributed by atoms with Gasteiger partial charge in [-0.15, -0.1) is 0 Å². The van der Waals surface area contributed by atoms with Crippen molar-refractivity contribution < 1.29 is 38.0 Å². The fraction of sp³-hybridized carbons (Fsp3) is 0.500. The van der Waals surface area contributed by atoms with Crippen LogP contribution < -0.4 is 34.0 Å². The van der Waals surface area contributed by atoms with Crippen LogP contribution in [0.2, 0.25) is 0 Å². The highest BCUT2D eigenvalue weighted by Crippen LogP contribution is 2.10. The molecule has 1 aromatic rings. The van der Waals surface area contributed by atoms with Crippen molar-refractivity contribution in [2.24, 2.45) is 0 Å². The molecule has 0 saturated carbocycles. The van der Waals surface area contributed by atoms with Gasteiger partial charge in [-0.05, 0) is 24.3 Å². The molecule has 0 aliphatic rings. The lowest BCUT2D eigenvalue weighted by Crippen LogP contribution is -3.00. The van der Waals surface area contributed by atoms with Crippen molar-refractivity contribution >= 4 is 5.91 Å². The summed E-state index contributed by atoms with van der Waals surface area (Å²) >= 11 is 0. The molecule has 1 rings (SSSR count). The number of quaternary nitrogens is 1. The van der Waals surface area contributed by atoms with E-state index in [4.69, 9.17) is 4.74 Å². The molecule has 0 fully saturated rings. The van der Waals surface area contributed by atoms with Gasteiger partial charge in [0.15, 0.2) is 0 Å². The van der Waals surface area contributed by atoms with Gasteiger partial charge in [-0.1, -0.05) is 0 Å². The number of amides is 1. The second-order valence-electron chi connectivity index (χ2n) is 5.35. The lowest BCUT2D eigenvalue weighted by molar-refractivity contribution is -0.870. The molecule has 4 nitrogen and oxygen atoms in total. The summed E-state index contributed by atoms with van der Waals surface area (Å²) in [6, 6.07) is 7.13. The van der Waals surface area contributed by atoms with Gasteiger partial charge < -0.3 is 38.5 Å². The molecule has 0 bridgehead atoms. The van der Waals surface area contributed by atoms with E-state index in [1.165, 1.54) is 0 Å². The number of carbonyl (C=O) groups is 1. The van der Waals surface area contributed by atoms with Gasteiger partial charge in [0.25, 0.3) is 5.91 Å². The van der Waals surface area contributed by atoms with Crippen LogP contribution >= 0.6 is 0 Å². The van der Waals surface area contributed by atoms with Crippen LogP contribution in [0.5, 0.6) is 5.75 Å². The quantitative estimate of drug-likeness (QED) is 0.373. The number of halogens is 1. The Morgan fingerprint density at radius 1 is 1.21 bits per heavy atom. The molecule has 0 heterocycles. The molecule has 0 atom stereocenters. The molecule has 0 unspecified atom stereocenters. The minimum absolute atomic E-state index is 0. The standard InChI is InChI=1S/C14H22N2O2.HI/c1-16(2,3)11-5-10-15-14(17)12-6-8-13(18-4)9-7-12;/h6-9H,5,10-11H2,1-4H3;1H. The molecular weight excluding hydrogens is 355 g/mol. The predicted molar refractivity (Wildman–Crippen MR) is 72.8 cm³/mol. The average molecular weight is 378 g/mol. The fourth-order valence-corrected chi connectivity index (χ4v) is 1.60. The minimum Gasteiger partial charge on any atom is -1.00 e. The molecule has 0 aromatic heterocycles. The zero-order valence-corrected chi connectivity index (χ0v) is 14.2. The monoisotopic (exact) mass is 378 g/mol. The number of carbonyl (C=O) groups excluding carboxylic acids is 1. The van der Waals surface area contributed by atoms with E-state index in [9.17, 15) is 4.79 Å². The summed E-state index contributed by atoms with van der Waals surface area (Å²) in [7, 11) is 8.04. The van der Waals surface area contributed by atoms with Gasteiger partial charge in [-0.2, -0.15) is 0 Å². The number of rotatable bonds is 6. The van der Waals surface area contributed by atoms with Crippen molar-refractivity contribution in [3.63, 3.8) is 0 Å². The molecule has 0 saturated heterocycles. The van der Waals surface area contributed by atoms with Gasteiger partial charge in [0, 0.05) is 18.5 Å². The average Bonchev–Trinajstić information content (AvgIpc) is 2.33. The summed E-state index contributed by atoms with van der Waals surface area (Å²) in [5.74, 6) is 0.732. The molecule has 5 heteroatoms. The predicted octanol–water partition coefficient (Wildman–Crippen LogP) is -1.47. The minimum atomic E-state index is -0.0286. The van der Waals surface area contributed by atoms with Crippen LogP contribution in [0.4, 0.5) is 0 Å². The number of nitrogens with zero attached hydrogens (tertiary/aromatic N) is 1. The summed E-state index contributed by atoms with van der Waals surface area (Å²) in [6.45, 7) is 1.75. The highest BCUT2D eigenvalue weighted by molar-refractivity contribution is 5.94. The highest BCUT2D eigenvalue weighted by Gasteiger charge is 2.08. The van der Waals surface area contributed by atoms with Gasteiger partial charge in [0.05, 0.1) is 34.8 Å². The maximum absolute atomic E-state index is 11.8. The van der Waals surface area contributed by atoms with Crippen LogP contribution in [-0.2, 0) is 0 Å². The Kier molecular flexibility index (Phi) is 8.01. The summed E-state index contributed by atoms with van der Waals surface area (Å²) in [5, 5.41) is 2.92. The van der Waals surface area contributed by atoms with Gasteiger partial charge >= 0.3 is 0 Å².